The summed E-state index contributed by atoms with van der Waals surface area (Å²) in [6.45, 7) is 7.73. The Morgan fingerprint density at radius 2 is 1.48 bits per heavy atom. The molecule has 5 heterocycles. The highest BCUT2D eigenvalue weighted by molar-refractivity contribution is 5.89. The van der Waals surface area contributed by atoms with Gasteiger partial charge in [0.15, 0.2) is 0 Å². The molecule has 0 atom stereocenters. The molecule has 0 aromatic carbocycles. The maximum Gasteiger partial charge on any atom is 0.229 e. The second-order valence-electron chi connectivity index (χ2n) is 7.28. The number of aromatic nitrogens is 5. The minimum atomic E-state index is 0.806. The molecule has 0 aliphatic carbocycles. The van der Waals surface area contributed by atoms with E-state index in [0.717, 1.165) is 73.7 Å². The molecule has 0 saturated carbocycles. The topological polar surface area (TPSA) is 77.1 Å². The molecule has 2 aliphatic rings. The van der Waals surface area contributed by atoms with Gasteiger partial charge in [-0.2, -0.15) is 9.97 Å². The minimum absolute atomic E-state index is 0.806. The Kier molecular flexibility index (Phi) is 4.03. The summed E-state index contributed by atoms with van der Waals surface area (Å²) in [5.41, 5.74) is 2.06. The van der Waals surface area contributed by atoms with E-state index >= 15 is 0 Å². The van der Waals surface area contributed by atoms with Crippen LogP contribution in [0, 0.1) is 6.92 Å². The highest BCUT2D eigenvalue weighted by Crippen LogP contribution is 2.29. The van der Waals surface area contributed by atoms with Gasteiger partial charge >= 0.3 is 0 Å². The van der Waals surface area contributed by atoms with Gasteiger partial charge in [-0.05, 0) is 31.9 Å². The monoisotopic (exact) mass is 364 g/mol. The summed E-state index contributed by atoms with van der Waals surface area (Å²) in [7, 11) is 0. The Hall–Kier alpha value is -2.90. The summed E-state index contributed by atoms with van der Waals surface area (Å²) in [5.74, 6) is 2.70. The first-order chi connectivity index (χ1) is 13.3. The maximum absolute atomic E-state index is 4.99. The fraction of sp³-hybridized carbons (Fsp3) is 0.474. The van der Waals surface area contributed by atoms with Crippen molar-refractivity contribution in [1.29, 1.82) is 0 Å². The Balaban J connectivity index is 1.44. The zero-order chi connectivity index (χ0) is 18.2. The molecule has 0 amide bonds. The number of piperazine rings is 1. The summed E-state index contributed by atoms with van der Waals surface area (Å²) in [6, 6.07) is 4.01. The lowest BCUT2D eigenvalue weighted by Crippen LogP contribution is -2.47. The number of hydrogen-bond donors (Lipinski definition) is 1. The van der Waals surface area contributed by atoms with Crippen molar-refractivity contribution in [2.45, 2.75) is 19.8 Å². The van der Waals surface area contributed by atoms with Crippen molar-refractivity contribution in [3.8, 4) is 0 Å². The molecular weight excluding hydrogens is 340 g/mol. The van der Waals surface area contributed by atoms with Crippen LogP contribution in [0.15, 0.2) is 24.5 Å². The number of H-pyrrole nitrogens is 1. The summed E-state index contributed by atoms with van der Waals surface area (Å²) in [6.07, 6.45) is 6.04. The van der Waals surface area contributed by atoms with E-state index in [2.05, 4.69) is 42.6 Å². The number of hydrogen-bond acceptors (Lipinski definition) is 7. The lowest BCUT2D eigenvalue weighted by atomic mass is 10.2. The molecule has 0 bridgehead atoms. The molecule has 8 heteroatoms. The molecule has 2 aliphatic heterocycles. The average molecular weight is 364 g/mol. The van der Waals surface area contributed by atoms with Crippen LogP contribution >= 0.6 is 0 Å². The van der Waals surface area contributed by atoms with Gasteiger partial charge in [0.1, 0.15) is 11.5 Å². The number of nitrogens with zero attached hydrogens (tertiary/aromatic N) is 7. The number of fused-ring (bicyclic) bond motifs is 1. The van der Waals surface area contributed by atoms with Gasteiger partial charge in [0.05, 0.1) is 5.39 Å². The third-order valence-corrected chi connectivity index (χ3v) is 5.39. The van der Waals surface area contributed by atoms with Gasteiger partial charge in [-0.25, -0.2) is 9.97 Å². The van der Waals surface area contributed by atoms with Crippen molar-refractivity contribution in [2.24, 2.45) is 0 Å². The van der Waals surface area contributed by atoms with Crippen molar-refractivity contribution >= 4 is 28.7 Å². The standard InChI is InChI=1S/C19H24N8/c1-14-13-15-16(22-14)23-19(26-7-2-3-8-26)24-17(15)25-9-11-27(12-10-25)18-20-5-4-6-21-18/h4-6,13H,2-3,7-12H2,1H3,(H,22,23,24). The van der Waals surface area contributed by atoms with Crippen LogP contribution in [0.4, 0.5) is 17.7 Å². The first-order valence-corrected chi connectivity index (χ1v) is 9.67. The van der Waals surface area contributed by atoms with Crippen molar-refractivity contribution in [3.63, 3.8) is 0 Å². The first kappa shape index (κ1) is 16.3. The summed E-state index contributed by atoms with van der Waals surface area (Å²) in [4.78, 5) is 28.9. The molecule has 5 rings (SSSR count). The SMILES string of the molecule is Cc1cc2c(N3CCN(c4ncccn4)CC3)nc(N3CCCC3)nc2[nH]1. The number of aryl methyl sites for hydroxylation is 1. The molecular formula is C19H24N8. The van der Waals surface area contributed by atoms with Crippen LogP contribution in [0.2, 0.25) is 0 Å². The van der Waals surface area contributed by atoms with Gasteiger partial charge in [0.2, 0.25) is 11.9 Å². The lowest BCUT2D eigenvalue weighted by molar-refractivity contribution is 0.635. The molecule has 27 heavy (non-hydrogen) atoms. The van der Waals surface area contributed by atoms with Gasteiger partial charge in [-0.15, -0.1) is 0 Å². The summed E-state index contributed by atoms with van der Waals surface area (Å²) < 4.78 is 0. The minimum Gasteiger partial charge on any atom is -0.352 e. The van der Waals surface area contributed by atoms with E-state index in [4.69, 9.17) is 9.97 Å². The highest BCUT2D eigenvalue weighted by Gasteiger charge is 2.24. The number of nitrogens with one attached hydrogen (secondary N) is 1. The quantitative estimate of drug-likeness (QED) is 0.761. The van der Waals surface area contributed by atoms with Gasteiger partial charge in [0.25, 0.3) is 0 Å². The average Bonchev–Trinajstić information content (AvgIpc) is 3.37. The predicted molar refractivity (Wildman–Crippen MR) is 107 cm³/mol. The zero-order valence-electron chi connectivity index (χ0n) is 15.6. The van der Waals surface area contributed by atoms with Crippen LogP contribution in [0.5, 0.6) is 0 Å². The van der Waals surface area contributed by atoms with E-state index in [0.29, 0.717) is 0 Å². The van der Waals surface area contributed by atoms with Crippen LogP contribution in [-0.4, -0.2) is 64.2 Å². The summed E-state index contributed by atoms with van der Waals surface area (Å²) >= 11 is 0. The van der Waals surface area contributed by atoms with E-state index in [1.165, 1.54) is 12.8 Å². The van der Waals surface area contributed by atoms with Gasteiger partial charge < -0.3 is 19.7 Å². The van der Waals surface area contributed by atoms with Crippen LogP contribution in [0.25, 0.3) is 11.0 Å². The second kappa shape index (κ2) is 6.68. The summed E-state index contributed by atoms with van der Waals surface area (Å²) in [5, 5.41) is 1.11. The lowest BCUT2D eigenvalue weighted by Gasteiger charge is -2.35. The van der Waals surface area contributed by atoms with Gasteiger partial charge in [-0.1, -0.05) is 0 Å². The molecule has 8 nitrogen and oxygen atoms in total. The number of rotatable bonds is 3. The van der Waals surface area contributed by atoms with Gasteiger partial charge in [-0.3, -0.25) is 0 Å². The normalized spacial score (nSPS) is 17.9. The Labute approximate surface area is 158 Å². The van der Waals surface area contributed by atoms with Crippen LogP contribution in [0.1, 0.15) is 18.5 Å². The first-order valence-electron chi connectivity index (χ1n) is 9.67. The van der Waals surface area contributed by atoms with Crippen LogP contribution in [-0.2, 0) is 0 Å². The van der Waals surface area contributed by atoms with Crippen LogP contribution in [0.3, 0.4) is 0 Å². The van der Waals surface area contributed by atoms with E-state index in [1.807, 2.05) is 6.07 Å². The van der Waals surface area contributed by atoms with E-state index < -0.39 is 0 Å². The van der Waals surface area contributed by atoms with Crippen LogP contribution < -0.4 is 14.7 Å². The van der Waals surface area contributed by atoms with Crippen molar-refractivity contribution in [3.05, 3.63) is 30.2 Å². The Morgan fingerprint density at radius 3 is 2.22 bits per heavy atom. The Morgan fingerprint density at radius 1 is 0.815 bits per heavy atom. The molecule has 0 unspecified atom stereocenters. The third kappa shape index (κ3) is 3.05. The zero-order valence-corrected chi connectivity index (χ0v) is 15.6. The molecule has 1 N–H and O–H groups in total. The number of anilines is 3. The molecule has 0 spiro atoms. The van der Waals surface area contributed by atoms with E-state index in [1.54, 1.807) is 12.4 Å². The van der Waals surface area contributed by atoms with E-state index in [-0.39, 0.29) is 0 Å². The number of aromatic amines is 1. The molecule has 0 radical (unpaired) electrons. The van der Waals surface area contributed by atoms with Crippen molar-refractivity contribution in [1.82, 2.24) is 24.9 Å². The molecule has 2 fully saturated rings. The molecule has 3 aromatic rings. The smallest absolute Gasteiger partial charge is 0.229 e. The predicted octanol–water partition coefficient (Wildman–Crippen LogP) is 1.98. The maximum atomic E-state index is 4.99. The van der Waals surface area contributed by atoms with Crippen molar-refractivity contribution in [2.75, 3.05) is 54.0 Å². The fourth-order valence-electron chi connectivity index (χ4n) is 3.99. The Bertz CT molecular complexity index is 924. The fourth-order valence-corrected chi connectivity index (χ4v) is 3.99. The van der Waals surface area contributed by atoms with Crippen molar-refractivity contribution < 1.29 is 0 Å². The highest BCUT2D eigenvalue weighted by atomic mass is 15.4. The molecule has 140 valence electrons. The third-order valence-electron chi connectivity index (χ3n) is 5.39. The van der Waals surface area contributed by atoms with E-state index in [9.17, 15) is 0 Å². The molecule has 2 saturated heterocycles. The second-order valence-corrected chi connectivity index (χ2v) is 7.28. The van der Waals surface area contributed by atoms with Gasteiger partial charge in [0, 0.05) is 57.4 Å². The molecule has 3 aromatic heterocycles. The largest absolute Gasteiger partial charge is 0.352 e.